The van der Waals surface area contributed by atoms with Crippen LogP contribution in [0, 0.1) is 11.2 Å². The molecule has 3 heteroatoms. The predicted octanol–water partition coefficient (Wildman–Crippen LogP) is 3.28. The first-order valence-corrected chi connectivity index (χ1v) is 6.70. The van der Waals surface area contributed by atoms with Gasteiger partial charge >= 0.3 is 0 Å². The van der Waals surface area contributed by atoms with Crippen molar-refractivity contribution in [2.75, 3.05) is 13.2 Å². The lowest BCUT2D eigenvalue weighted by Crippen LogP contribution is -2.22. The second-order valence-electron chi connectivity index (χ2n) is 3.80. The Morgan fingerprint density at radius 2 is 2.18 bits per heavy atom. The summed E-state index contributed by atoms with van der Waals surface area (Å²) >= 11 is 1.53. The number of hydrogen-bond donors (Lipinski definition) is 0. The SMILES string of the molecule is C(#CSc1ccccc1)COC1CCCCO1. The van der Waals surface area contributed by atoms with Gasteiger partial charge in [-0.2, -0.15) is 0 Å². The molecule has 0 amide bonds. The third-order valence-electron chi connectivity index (χ3n) is 2.46. The average molecular weight is 248 g/mol. The monoisotopic (exact) mass is 248 g/mol. The minimum absolute atomic E-state index is 0.0419. The van der Waals surface area contributed by atoms with Crippen molar-refractivity contribution >= 4 is 11.8 Å². The molecule has 1 aromatic rings. The standard InChI is InChI=1S/C14H16O2S/c1-2-7-13(8-3-1)17-12-6-11-16-14-9-4-5-10-15-14/h1-3,7-8,14H,4-5,9-11H2. The van der Waals surface area contributed by atoms with E-state index in [9.17, 15) is 0 Å². The summed E-state index contributed by atoms with van der Waals surface area (Å²) in [6.07, 6.45) is 3.29. The summed E-state index contributed by atoms with van der Waals surface area (Å²) in [5.74, 6) is 2.99. The molecule has 1 aliphatic heterocycles. The first-order valence-electron chi connectivity index (χ1n) is 5.88. The minimum atomic E-state index is -0.0419. The Morgan fingerprint density at radius 3 is 2.94 bits per heavy atom. The van der Waals surface area contributed by atoms with Crippen molar-refractivity contribution in [1.82, 2.24) is 0 Å². The van der Waals surface area contributed by atoms with Crippen LogP contribution in [-0.2, 0) is 9.47 Å². The van der Waals surface area contributed by atoms with Gasteiger partial charge in [-0.1, -0.05) is 24.1 Å². The Bertz CT molecular complexity index is 374. The topological polar surface area (TPSA) is 18.5 Å². The van der Waals surface area contributed by atoms with Gasteiger partial charge in [-0.25, -0.2) is 0 Å². The van der Waals surface area contributed by atoms with Gasteiger partial charge in [-0.15, -0.1) is 0 Å². The van der Waals surface area contributed by atoms with Gasteiger partial charge in [0, 0.05) is 11.5 Å². The Hall–Kier alpha value is -0.950. The molecule has 90 valence electrons. The lowest BCUT2D eigenvalue weighted by atomic mass is 10.2. The molecule has 2 nitrogen and oxygen atoms in total. The number of rotatable bonds is 3. The molecular formula is C14H16O2S. The van der Waals surface area contributed by atoms with Crippen LogP contribution < -0.4 is 0 Å². The van der Waals surface area contributed by atoms with Gasteiger partial charge in [-0.3, -0.25) is 0 Å². The van der Waals surface area contributed by atoms with Crippen LogP contribution in [-0.4, -0.2) is 19.5 Å². The van der Waals surface area contributed by atoms with Crippen molar-refractivity contribution in [3.05, 3.63) is 30.3 Å². The van der Waals surface area contributed by atoms with Gasteiger partial charge in [0.15, 0.2) is 6.29 Å². The number of hydrogen-bond acceptors (Lipinski definition) is 3. The predicted molar refractivity (Wildman–Crippen MR) is 69.6 cm³/mol. The van der Waals surface area contributed by atoms with Crippen molar-refractivity contribution in [2.24, 2.45) is 0 Å². The van der Waals surface area contributed by atoms with Crippen molar-refractivity contribution in [3.8, 4) is 11.2 Å². The van der Waals surface area contributed by atoms with Crippen LogP contribution in [0.25, 0.3) is 0 Å². The number of ether oxygens (including phenoxy) is 2. The average Bonchev–Trinajstić information content (AvgIpc) is 2.41. The van der Waals surface area contributed by atoms with Gasteiger partial charge in [0.05, 0.1) is 0 Å². The third-order valence-corrected chi connectivity index (χ3v) is 3.22. The smallest absolute Gasteiger partial charge is 0.158 e. The fourth-order valence-corrected chi connectivity index (χ4v) is 2.13. The van der Waals surface area contributed by atoms with Crippen molar-refractivity contribution in [1.29, 1.82) is 0 Å². The van der Waals surface area contributed by atoms with Gasteiger partial charge in [0.2, 0.25) is 0 Å². The Kier molecular flexibility index (Phi) is 5.44. The van der Waals surface area contributed by atoms with E-state index in [0.29, 0.717) is 6.61 Å². The van der Waals surface area contributed by atoms with Crippen molar-refractivity contribution in [2.45, 2.75) is 30.4 Å². The fraction of sp³-hybridized carbons (Fsp3) is 0.429. The highest BCUT2D eigenvalue weighted by Gasteiger charge is 2.12. The maximum Gasteiger partial charge on any atom is 0.158 e. The maximum absolute atomic E-state index is 5.51. The van der Waals surface area contributed by atoms with E-state index in [-0.39, 0.29) is 6.29 Å². The second kappa shape index (κ2) is 7.39. The zero-order valence-corrected chi connectivity index (χ0v) is 10.5. The summed E-state index contributed by atoms with van der Waals surface area (Å²) in [4.78, 5) is 1.16. The quantitative estimate of drug-likeness (QED) is 0.604. The molecule has 0 aromatic heterocycles. The lowest BCUT2D eigenvalue weighted by molar-refractivity contribution is -0.154. The van der Waals surface area contributed by atoms with Gasteiger partial charge in [0.1, 0.15) is 6.61 Å². The summed E-state index contributed by atoms with van der Waals surface area (Å²) in [6, 6.07) is 10.1. The molecule has 1 saturated heterocycles. The van der Waals surface area contributed by atoms with E-state index in [0.717, 1.165) is 24.3 Å². The normalized spacial score (nSPS) is 19.4. The Morgan fingerprint density at radius 1 is 1.29 bits per heavy atom. The highest BCUT2D eigenvalue weighted by atomic mass is 32.2. The molecule has 1 atom stereocenters. The molecule has 2 rings (SSSR count). The Balaban J connectivity index is 1.65. The van der Waals surface area contributed by atoms with Crippen LogP contribution >= 0.6 is 11.8 Å². The molecule has 0 bridgehead atoms. The summed E-state index contributed by atoms with van der Waals surface area (Å²) in [5, 5.41) is 3.03. The number of thioether (sulfide) groups is 1. The molecular weight excluding hydrogens is 232 g/mol. The molecule has 0 saturated carbocycles. The largest absolute Gasteiger partial charge is 0.353 e. The molecule has 1 fully saturated rings. The van der Waals surface area contributed by atoms with E-state index in [1.165, 1.54) is 18.2 Å². The summed E-state index contributed by atoms with van der Waals surface area (Å²) in [6.45, 7) is 1.27. The molecule has 1 unspecified atom stereocenters. The highest BCUT2D eigenvalue weighted by Crippen LogP contribution is 2.15. The van der Waals surface area contributed by atoms with Gasteiger partial charge in [0.25, 0.3) is 0 Å². The summed E-state index contributed by atoms with van der Waals surface area (Å²) in [7, 11) is 0. The first-order chi connectivity index (χ1) is 8.45. The van der Waals surface area contributed by atoms with Crippen LogP contribution in [0.3, 0.4) is 0 Å². The highest BCUT2D eigenvalue weighted by molar-refractivity contribution is 8.03. The van der Waals surface area contributed by atoms with E-state index < -0.39 is 0 Å². The molecule has 1 heterocycles. The van der Waals surface area contributed by atoms with Crippen molar-refractivity contribution in [3.63, 3.8) is 0 Å². The van der Waals surface area contributed by atoms with Crippen LogP contribution in [0.5, 0.6) is 0 Å². The molecule has 0 aliphatic carbocycles. The van der Waals surface area contributed by atoms with E-state index in [2.05, 4.69) is 11.2 Å². The van der Waals surface area contributed by atoms with Crippen LogP contribution in [0.1, 0.15) is 19.3 Å². The van der Waals surface area contributed by atoms with Crippen LogP contribution in [0.15, 0.2) is 35.2 Å². The van der Waals surface area contributed by atoms with E-state index in [1.54, 1.807) is 0 Å². The van der Waals surface area contributed by atoms with Gasteiger partial charge < -0.3 is 9.47 Å². The lowest BCUT2D eigenvalue weighted by Gasteiger charge is -2.21. The molecule has 0 radical (unpaired) electrons. The summed E-state index contributed by atoms with van der Waals surface area (Å²) in [5.41, 5.74) is 0. The second-order valence-corrected chi connectivity index (χ2v) is 4.68. The first kappa shape index (κ1) is 12.5. The van der Waals surface area contributed by atoms with Gasteiger partial charge in [-0.05, 0) is 48.4 Å². The zero-order valence-electron chi connectivity index (χ0n) is 9.72. The van der Waals surface area contributed by atoms with E-state index in [1.807, 2.05) is 30.3 Å². The third kappa shape index (κ3) is 4.82. The molecule has 1 aliphatic rings. The fourth-order valence-electron chi connectivity index (χ4n) is 1.59. The summed E-state index contributed by atoms with van der Waals surface area (Å²) < 4.78 is 11.0. The van der Waals surface area contributed by atoms with Crippen LogP contribution in [0.4, 0.5) is 0 Å². The van der Waals surface area contributed by atoms with Crippen molar-refractivity contribution < 1.29 is 9.47 Å². The zero-order chi connectivity index (χ0) is 11.8. The molecule has 0 spiro atoms. The molecule has 17 heavy (non-hydrogen) atoms. The molecule has 0 N–H and O–H groups in total. The Labute approximate surface area is 107 Å². The molecule has 1 aromatic carbocycles. The number of benzene rings is 1. The van der Waals surface area contributed by atoms with E-state index in [4.69, 9.17) is 9.47 Å². The maximum atomic E-state index is 5.51. The minimum Gasteiger partial charge on any atom is -0.353 e. The van der Waals surface area contributed by atoms with Crippen LogP contribution in [0.2, 0.25) is 0 Å². The van der Waals surface area contributed by atoms with E-state index >= 15 is 0 Å².